The van der Waals surface area contributed by atoms with Gasteiger partial charge in [-0.1, -0.05) is 12.1 Å². The predicted molar refractivity (Wildman–Crippen MR) is 60.0 cm³/mol. The van der Waals surface area contributed by atoms with Crippen molar-refractivity contribution in [2.75, 3.05) is 13.6 Å². The second kappa shape index (κ2) is 4.23. The molecule has 1 aromatic rings. The molecule has 0 bridgehead atoms. The highest BCUT2D eigenvalue weighted by atomic mass is 19.1. The zero-order chi connectivity index (χ0) is 11.6. The molecule has 2 nitrogen and oxygen atoms in total. The average Bonchev–Trinajstić information content (AvgIpc) is 2.98. The zero-order valence-electron chi connectivity index (χ0n) is 9.41. The second-order valence-electron chi connectivity index (χ2n) is 4.69. The predicted octanol–water partition coefficient (Wildman–Crippen LogP) is 2.56. The molecule has 1 saturated carbocycles. The van der Waals surface area contributed by atoms with Crippen molar-refractivity contribution in [1.29, 1.82) is 5.26 Å². The van der Waals surface area contributed by atoms with Gasteiger partial charge in [-0.3, -0.25) is 0 Å². The molecule has 0 saturated heterocycles. The van der Waals surface area contributed by atoms with Gasteiger partial charge in [0.2, 0.25) is 0 Å². The van der Waals surface area contributed by atoms with E-state index >= 15 is 0 Å². The van der Waals surface area contributed by atoms with E-state index in [1.807, 2.05) is 13.1 Å². The van der Waals surface area contributed by atoms with Crippen molar-refractivity contribution < 1.29 is 4.39 Å². The number of hydrogen-bond donors (Lipinski definition) is 0. The van der Waals surface area contributed by atoms with Crippen molar-refractivity contribution in [1.82, 2.24) is 4.90 Å². The van der Waals surface area contributed by atoms with Crippen molar-refractivity contribution in [3.05, 3.63) is 35.6 Å². The molecule has 0 spiro atoms. The van der Waals surface area contributed by atoms with Crippen LogP contribution in [-0.2, 0) is 6.54 Å². The van der Waals surface area contributed by atoms with Crippen LogP contribution in [0.3, 0.4) is 0 Å². The number of hydrogen-bond acceptors (Lipinski definition) is 2. The Bertz CT molecular complexity index is 418. The van der Waals surface area contributed by atoms with Crippen molar-refractivity contribution in [3.8, 4) is 6.07 Å². The van der Waals surface area contributed by atoms with Crippen LogP contribution in [-0.4, -0.2) is 18.5 Å². The molecule has 0 amide bonds. The molecule has 2 rings (SSSR count). The number of halogens is 1. The number of nitrogens with zero attached hydrogens (tertiary/aromatic N) is 2. The summed E-state index contributed by atoms with van der Waals surface area (Å²) in [7, 11) is 1.97. The van der Waals surface area contributed by atoms with Crippen LogP contribution in [0.5, 0.6) is 0 Å². The van der Waals surface area contributed by atoms with Gasteiger partial charge < -0.3 is 4.90 Å². The summed E-state index contributed by atoms with van der Waals surface area (Å²) in [6.07, 6.45) is 1.99. The maximum atomic E-state index is 13.0. The highest BCUT2D eigenvalue weighted by molar-refractivity contribution is 5.17. The third-order valence-electron chi connectivity index (χ3n) is 3.00. The van der Waals surface area contributed by atoms with Crippen LogP contribution in [0.1, 0.15) is 18.4 Å². The van der Waals surface area contributed by atoms with Crippen LogP contribution in [0, 0.1) is 22.6 Å². The Kier molecular flexibility index (Phi) is 2.93. The summed E-state index contributed by atoms with van der Waals surface area (Å²) < 4.78 is 13.0. The molecule has 1 aliphatic carbocycles. The average molecular weight is 218 g/mol. The lowest BCUT2D eigenvalue weighted by Gasteiger charge is -2.19. The van der Waals surface area contributed by atoms with Gasteiger partial charge in [0.1, 0.15) is 5.82 Å². The molecule has 0 unspecified atom stereocenters. The van der Waals surface area contributed by atoms with Gasteiger partial charge in [0, 0.05) is 13.1 Å². The van der Waals surface area contributed by atoms with Crippen LogP contribution < -0.4 is 0 Å². The maximum absolute atomic E-state index is 13.0. The highest BCUT2D eigenvalue weighted by Gasteiger charge is 2.43. The van der Waals surface area contributed by atoms with Gasteiger partial charge in [-0.25, -0.2) is 4.39 Å². The lowest BCUT2D eigenvalue weighted by molar-refractivity contribution is 0.286. The molecule has 16 heavy (non-hydrogen) atoms. The largest absolute Gasteiger partial charge is 0.301 e. The Labute approximate surface area is 95.3 Å². The van der Waals surface area contributed by atoms with E-state index in [2.05, 4.69) is 11.0 Å². The van der Waals surface area contributed by atoms with Crippen LogP contribution in [0.25, 0.3) is 0 Å². The van der Waals surface area contributed by atoms with Crippen LogP contribution in [0.15, 0.2) is 24.3 Å². The summed E-state index contributed by atoms with van der Waals surface area (Å²) in [6.45, 7) is 1.47. The molecule has 0 heterocycles. The molecule has 0 aromatic heterocycles. The first-order valence-electron chi connectivity index (χ1n) is 5.48. The van der Waals surface area contributed by atoms with Gasteiger partial charge in [0.25, 0.3) is 0 Å². The smallest absolute Gasteiger partial charge is 0.123 e. The molecular weight excluding hydrogens is 203 g/mol. The summed E-state index contributed by atoms with van der Waals surface area (Å²) in [5, 5.41) is 8.98. The third kappa shape index (κ3) is 2.59. The van der Waals surface area contributed by atoms with E-state index < -0.39 is 0 Å². The Morgan fingerprint density at radius 3 is 2.81 bits per heavy atom. The number of rotatable bonds is 4. The normalized spacial score (nSPS) is 17.1. The minimum atomic E-state index is -0.202. The minimum Gasteiger partial charge on any atom is -0.301 e. The number of nitriles is 1. The monoisotopic (exact) mass is 218 g/mol. The lowest BCUT2D eigenvalue weighted by Crippen LogP contribution is -2.25. The molecule has 0 atom stereocenters. The fraction of sp³-hybridized carbons (Fsp3) is 0.462. The molecule has 0 aliphatic heterocycles. The van der Waals surface area contributed by atoms with Crippen LogP contribution in [0.4, 0.5) is 4.39 Å². The van der Waals surface area contributed by atoms with E-state index in [-0.39, 0.29) is 11.2 Å². The first kappa shape index (κ1) is 11.1. The second-order valence-corrected chi connectivity index (χ2v) is 4.69. The lowest BCUT2D eigenvalue weighted by atomic mass is 10.1. The Morgan fingerprint density at radius 2 is 2.25 bits per heavy atom. The van der Waals surface area contributed by atoms with E-state index in [4.69, 9.17) is 5.26 Å². The van der Waals surface area contributed by atoms with E-state index in [9.17, 15) is 4.39 Å². The van der Waals surface area contributed by atoms with Crippen LogP contribution in [0.2, 0.25) is 0 Å². The summed E-state index contributed by atoms with van der Waals surface area (Å²) in [6, 6.07) is 8.98. The molecule has 1 aromatic carbocycles. The summed E-state index contributed by atoms with van der Waals surface area (Å²) in [4.78, 5) is 2.09. The van der Waals surface area contributed by atoms with E-state index in [1.165, 1.54) is 6.07 Å². The molecular formula is C13H15FN2. The fourth-order valence-corrected chi connectivity index (χ4v) is 1.98. The van der Waals surface area contributed by atoms with Gasteiger partial charge in [0.05, 0.1) is 11.5 Å². The molecule has 0 radical (unpaired) electrons. The minimum absolute atomic E-state index is 0.123. The Balaban J connectivity index is 1.93. The van der Waals surface area contributed by atoms with Crippen molar-refractivity contribution in [3.63, 3.8) is 0 Å². The van der Waals surface area contributed by atoms with Crippen molar-refractivity contribution in [2.24, 2.45) is 5.41 Å². The van der Waals surface area contributed by atoms with Gasteiger partial charge in [-0.2, -0.15) is 5.26 Å². The first-order chi connectivity index (χ1) is 7.63. The Hall–Kier alpha value is -1.40. The van der Waals surface area contributed by atoms with Crippen LogP contribution >= 0.6 is 0 Å². The Morgan fingerprint density at radius 1 is 1.50 bits per heavy atom. The highest BCUT2D eigenvalue weighted by Crippen LogP contribution is 2.45. The fourth-order valence-electron chi connectivity index (χ4n) is 1.98. The van der Waals surface area contributed by atoms with Gasteiger partial charge in [-0.15, -0.1) is 0 Å². The maximum Gasteiger partial charge on any atom is 0.123 e. The van der Waals surface area contributed by atoms with E-state index in [1.54, 1.807) is 12.1 Å². The van der Waals surface area contributed by atoms with Gasteiger partial charge in [0.15, 0.2) is 0 Å². The SMILES string of the molecule is CN(Cc1cccc(F)c1)CC1(C#N)CC1. The zero-order valence-corrected chi connectivity index (χ0v) is 9.41. The van der Waals surface area contributed by atoms with Crippen molar-refractivity contribution in [2.45, 2.75) is 19.4 Å². The summed E-state index contributed by atoms with van der Waals surface area (Å²) in [5.41, 5.74) is 0.832. The van der Waals surface area contributed by atoms with E-state index in [0.717, 1.165) is 24.9 Å². The topological polar surface area (TPSA) is 27.0 Å². The van der Waals surface area contributed by atoms with E-state index in [0.29, 0.717) is 6.54 Å². The molecule has 84 valence electrons. The third-order valence-corrected chi connectivity index (χ3v) is 3.00. The first-order valence-corrected chi connectivity index (χ1v) is 5.48. The molecule has 1 aliphatic rings. The standard InChI is InChI=1S/C13H15FN2/c1-16(10-13(9-15)5-6-13)8-11-3-2-4-12(14)7-11/h2-4,7H,5-6,8,10H2,1H3. The van der Waals surface area contributed by atoms with Gasteiger partial charge in [-0.05, 0) is 37.6 Å². The molecule has 3 heteroatoms. The number of benzene rings is 1. The quantitative estimate of drug-likeness (QED) is 0.776. The summed E-state index contributed by atoms with van der Waals surface area (Å²) in [5.74, 6) is -0.202. The van der Waals surface area contributed by atoms with Gasteiger partial charge >= 0.3 is 0 Å². The molecule has 1 fully saturated rings. The van der Waals surface area contributed by atoms with Crippen molar-refractivity contribution >= 4 is 0 Å². The molecule has 0 N–H and O–H groups in total. The summed E-state index contributed by atoms with van der Waals surface area (Å²) >= 11 is 0.